The summed E-state index contributed by atoms with van der Waals surface area (Å²) in [6, 6.07) is -0.200. The highest BCUT2D eigenvalue weighted by Crippen LogP contribution is 2.45. The van der Waals surface area contributed by atoms with Gasteiger partial charge in [-0.1, -0.05) is 0 Å². The average molecular weight is 331 g/mol. The minimum absolute atomic E-state index is 0.0977. The van der Waals surface area contributed by atoms with Gasteiger partial charge in [-0.3, -0.25) is 9.59 Å². The van der Waals surface area contributed by atoms with Crippen molar-refractivity contribution in [1.29, 1.82) is 0 Å². The van der Waals surface area contributed by atoms with Crippen LogP contribution in [0.2, 0.25) is 0 Å². The van der Waals surface area contributed by atoms with E-state index in [1.165, 1.54) is 0 Å². The maximum absolute atomic E-state index is 13.1. The summed E-state index contributed by atoms with van der Waals surface area (Å²) in [4.78, 5) is 29.2. The maximum atomic E-state index is 13.1. The van der Waals surface area contributed by atoms with Crippen molar-refractivity contribution in [3.63, 3.8) is 0 Å². The van der Waals surface area contributed by atoms with Gasteiger partial charge in [0.05, 0.1) is 19.1 Å². The molecule has 0 saturated carbocycles. The van der Waals surface area contributed by atoms with Gasteiger partial charge in [0.25, 0.3) is 5.91 Å². The van der Waals surface area contributed by atoms with E-state index in [0.29, 0.717) is 31.8 Å². The Labute approximate surface area is 139 Å². The second kappa shape index (κ2) is 5.02. The number of amides is 2. The number of fused-ring (bicyclic) bond motifs is 1. The fourth-order valence-corrected chi connectivity index (χ4v) is 4.79. The molecule has 0 radical (unpaired) electrons. The first-order valence-electron chi connectivity index (χ1n) is 8.88. The molecule has 0 unspecified atom stereocenters. The number of hydrogen-bond acceptors (Lipinski definition) is 5. The number of nitrogens with zero attached hydrogens (tertiary/aromatic N) is 5. The van der Waals surface area contributed by atoms with Gasteiger partial charge in [-0.2, -0.15) is 0 Å². The maximum Gasteiger partial charge on any atom is 0.292 e. The van der Waals surface area contributed by atoms with Gasteiger partial charge < -0.3 is 19.1 Å². The van der Waals surface area contributed by atoms with Crippen LogP contribution >= 0.6 is 0 Å². The zero-order valence-corrected chi connectivity index (χ0v) is 13.6. The Morgan fingerprint density at radius 3 is 3.00 bits per heavy atom. The van der Waals surface area contributed by atoms with Gasteiger partial charge in [0.1, 0.15) is 5.82 Å². The van der Waals surface area contributed by atoms with Crippen LogP contribution in [0.25, 0.3) is 0 Å². The highest BCUT2D eigenvalue weighted by molar-refractivity contribution is 5.93. The molecule has 3 saturated heterocycles. The van der Waals surface area contributed by atoms with Crippen LogP contribution in [0.15, 0.2) is 0 Å². The van der Waals surface area contributed by atoms with Gasteiger partial charge in [-0.05, 0) is 19.3 Å². The highest BCUT2D eigenvalue weighted by atomic mass is 16.5. The molecule has 128 valence electrons. The van der Waals surface area contributed by atoms with E-state index in [9.17, 15) is 9.59 Å². The Morgan fingerprint density at radius 2 is 2.08 bits per heavy atom. The topological polar surface area (TPSA) is 80.6 Å². The van der Waals surface area contributed by atoms with Crippen molar-refractivity contribution in [2.75, 3.05) is 19.7 Å². The molecule has 8 nitrogen and oxygen atoms in total. The molecule has 24 heavy (non-hydrogen) atoms. The van der Waals surface area contributed by atoms with Crippen LogP contribution < -0.4 is 0 Å². The molecule has 0 bridgehead atoms. The highest BCUT2D eigenvalue weighted by Gasteiger charge is 2.62. The normalized spacial score (nSPS) is 31.8. The smallest absolute Gasteiger partial charge is 0.292 e. The zero-order chi connectivity index (χ0) is 16.3. The number of carbonyl (C=O) groups is 2. The van der Waals surface area contributed by atoms with Crippen molar-refractivity contribution in [2.24, 2.45) is 0 Å². The van der Waals surface area contributed by atoms with E-state index in [1.807, 2.05) is 9.47 Å². The number of carbonyl (C=O) groups excluding carboxylic acids is 2. The molecular formula is C16H21N5O3. The van der Waals surface area contributed by atoms with Crippen molar-refractivity contribution >= 4 is 11.8 Å². The molecule has 1 aromatic rings. The fraction of sp³-hybridized carbons (Fsp3) is 0.750. The van der Waals surface area contributed by atoms with Crippen molar-refractivity contribution in [2.45, 2.75) is 56.8 Å². The molecule has 0 N–H and O–H groups in total. The quantitative estimate of drug-likeness (QED) is 0.733. The molecule has 4 aliphatic rings. The number of ether oxygens (including phenoxy) is 1. The van der Waals surface area contributed by atoms with E-state index >= 15 is 0 Å². The number of likely N-dealkylation sites (tertiary alicyclic amines) is 1. The predicted molar refractivity (Wildman–Crippen MR) is 82.0 cm³/mol. The van der Waals surface area contributed by atoms with E-state index in [-0.39, 0.29) is 17.9 Å². The number of hydrogen-bond donors (Lipinski definition) is 0. The van der Waals surface area contributed by atoms with Gasteiger partial charge in [0, 0.05) is 32.5 Å². The summed E-state index contributed by atoms with van der Waals surface area (Å²) < 4.78 is 8.01. The summed E-state index contributed by atoms with van der Waals surface area (Å²) in [5.41, 5.74) is -0.601. The van der Waals surface area contributed by atoms with E-state index < -0.39 is 5.72 Å². The Morgan fingerprint density at radius 1 is 1.17 bits per heavy atom. The van der Waals surface area contributed by atoms with Gasteiger partial charge >= 0.3 is 0 Å². The van der Waals surface area contributed by atoms with Crippen LogP contribution in [-0.4, -0.2) is 67.8 Å². The Hall–Kier alpha value is -1.96. The fourth-order valence-electron chi connectivity index (χ4n) is 4.79. The number of aromatic nitrogens is 3. The van der Waals surface area contributed by atoms with Crippen LogP contribution in [0.1, 0.15) is 48.5 Å². The third kappa shape index (κ3) is 1.77. The van der Waals surface area contributed by atoms with E-state index in [0.717, 1.165) is 44.6 Å². The lowest BCUT2D eigenvalue weighted by atomic mass is 10.0. The lowest BCUT2D eigenvalue weighted by molar-refractivity contribution is -0.179. The average Bonchev–Trinajstić information content (AvgIpc) is 3.25. The largest absolute Gasteiger partial charge is 0.353 e. The molecule has 8 heteroatoms. The first-order valence-corrected chi connectivity index (χ1v) is 8.88. The summed E-state index contributed by atoms with van der Waals surface area (Å²) in [5, 5.41) is 8.35. The van der Waals surface area contributed by atoms with Crippen molar-refractivity contribution in [3.8, 4) is 0 Å². The Balaban J connectivity index is 1.47. The van der Waals surface area contributed by atoms with E-state index in [1.54, 1.807) is 4.90 Å². The third-order valence-electron chi connectivity index (χ3n) is 5.92. The summed E-state index contributed by atoms with van der Waals surface area (Å²) in [7, 11) is 0. The van der Waals surface area contributed by atoms with E-state index in [4.69, 9.17) is 4.74 Å². The molecule has 3 fully saturated rings. The molecule has 0 aliphatic carbocycles. The van der Waals surface area contributed by atoms with Crippen LogP contribution in [-0.2, 0) is 22.5 Å². The molecule has 1 spiro atoms. The number of aryl methyl sites for hydroxylation is 1. The Bertz CT molecular complexity index is 717. The van der Waals surface area contributed by atoms with Gasteiger partial charge in [0.2, 0.25) is 11.7 Å². The minimum Gasteiger partial charge on any atom is -0.353 e. The van der Waals surface area contributed by atoms with Crippen LogP contribution in [0, 0.1) is 0 Å². The molecule has 2 atom stereocenters. The number of rotatable bonds is 1. The first kappa shape index (κ1) is 14.4. The first-order chi connectivity index (χ1) is 11.7. The van der Waals surface area contributed by atoms with Gasteiger partial charge in [0.15, 0.2) is 5.72 Å². The monoisotopic (exact) mass is 331 g/mol. The minimum atomic E-state index is -0.601. The standard InChI is InChI=1S/C16H21N5O3/c22-13-10-11-16(21(13)7-3-9-24-16)5-8-19(11)15(23)14-18-17-12-4-1-2-6-20(12)14/h11H,1-10H2/t11-,16+/m1/s1. The SMILES string of the molecule is O=C(c1nnc2n1CCCC2)N1CC[C@@]23OCCCN2C(=O)C[C@@H]13. The molecular weight excluding hydrogens is 310 g/mol. The third-order valence-corrected chi connectivity index (χ3v) is 5.92. The van der Waals surface area contributed by atoms with Crippen LogP contribution in [0.4, 0.5) is 0 Å². The van der Waals surface area contributed by atoms with Crippen molar-refractivity contribution in [3.05, 3.63) is 11.6 Å². The summed E-state index contributed by atoms with van der Waals surface area (Å²) >= 11 is 0. The second-order valence-corrected chi connectivity index (χ2v) is 7.11. The summed E-state index contributed by atoms with van der Waals surface area (Å²) in [5.74, 6) is 1.31. The molecule has 5 rings (SSSR count). The van der Waals surface area contributed by atoms with Gasteiger partial charge in [-0.25, -0.2) is 0 Å². The molecule has 5 heterocycles. The van der Waals surface area contributed by atoms with Gasteiger partial charge in [-0.15, -0.1) is 10.2 Å². The lowest BCUT2D eigenvalue weighted by Crippen LogP contribution is -2.56. The van der Waals surface area contributed by atoms with Crippen molar-refractivity contribution in [1.82, 2.24) is 24.6 Å². The van der Waals surface area contributed by atoms with Crippen molar-refractivity contribution < 1.29 is 14.3 Å². The van der Waals surface area contributed by atoms with Crippen LogP contribution in [0.5, 0.6) is 0 Å². The molecule has 2 amide bonds. The Kier molecular flexibility index (Phi) is 3.01. The lowest BCUT2D eigenvalue weighted by Gasteiger charge is -2.42. The molecule has 4 aliphatic heterocycles. The van der Waals surface area contributed by atoms with Crippen LogP contribution in [0.3, 0.4) is 0 Å². The predicted octanol–water partition coefficient (Wildman–Crippen LogP) is 0.178. The van der Waals surface area contributed by atoms with E-state index in [2.05, 4.69) is 10.2 Å². The summed E-state index contributed by atoms with van der Waals surface area (Å²) in [6.07, 6.45) is 4.94. The zero-order valence-electron chi connectivity index (χ0n) is 13.6. The molecule has 0 aromatic carbocycles. The second-order valence-electron chi connectivity index (χ2n) is 7.11. The summed E-state index contributed by atoms with van der Waals surface area (Å²) in [6.45, 7) is 2.80. The molecule has 1 aromatic heterocycles.